The van der Waals surface area contributed by atoms with Gasteiger partial charge in [0.1, 0.15) is 11.5 Å². The smallest absolute Gasteiger partial charge is 0.141 e. The summed E-state index contributed by atoms with van der Waals surface area (Å²) >= 11 is 3.45. The topological polar surface area (TPSA) is 9.23 Å². The number of halogens is 1. The Bertz CT molecular complexity index is 506. The normalized spacial score (nSPS) is 9.81. The van der Waals surface area contributed by atoms with Gasteiger partial charge in [0.15, 0.2) is 0 Å². The number of para-hydroxylation sites is 2. The van der Waals surface area contributed by atoms with Gasteiger partial charge in [0.25, 0.3) is 0 Å². The fourth-order valence-electron chi connectivity index (χ4n) is 1.39. The first-order valence-corrected chi connectivity index (χ1v) is 5.74. The van der Waals surface area contributed by atoms with Crippen LogP contribution in [0.1, 0.15) is 5.56 Å². The van der Waals surface area contributed by atoms with Gasteiger partial charge in [-0.1, -0.05) is 43.0 Å². The average molecular weight is 275 g/mol. The molecule has 2 rings (SSSR count). The van der Waals surface area contributed by atoms with E-state index in [1.807, 2.05) is 48.5 Å². The van der Waals surface area contributed by atoms with E-state index in [2.05, 4.69) is 22.5 Å². The van der Waals surface area contributed by atoms with Gasteiger partial charge < -0.3 is 4.74 Å². The van der Waals surface area contributed by atoms with Gasteiger partial charge in [-0.25, -0.2) is 0 Å². The number of hydrogen-bond donors (Lipinski definition) is 0. The molecule has 0 fully saturated rings. The maximum atomic E-state index is 5.81. The van der Waals surface area contributed by atoms with Crippen molar-refractivity contribution in [3.63, 3.8) is 0 Å². The summed E-state index contributed by atoms with van der Waals surface area (Å²) in [6.45, 7) is 3.76. The third kappa shape index (κ3) is 2.34. The molecule has 0 aliphatic rings. The molecule has 2 aromatic carbocycles. The Morgan fingerprint density at radius 3 is 2.25 bits per heavy atom. The van der Waals surface area contributed by atoms with Crippen LogP contribution in [-0.2, 0) is 0 Å². The zero-order chi connectivity index (χ0) is 11.4. The van der Waals surface area contributed by atoms with Crippen molar-refractivity contribution in [3.8, 4) is 11.5 Å². The zero-order valence-electron chi connectivity index (χ0n) is 8.69. The van der Waals surface area contributed by atoms with Crippen molar-refractivity contribution in [1.29, 1.82) is 0 Å². The van der Waals surface area contributed by atoms with Gasteiger partial charge in [-0.15, -0.1) is 0 Å². The van der Waals surface area contributed by atoms with Crippen LogP contribution in [0.2, 0.25) is 0 Å². The van der Waals surface area contributed by atoms with Crippen molar-refractivity contribution < 1.29 is 4.74 Å². The molecule has 1 nitrogen and oxygen atoms in total. The maximum Gasteiger partial charge on any atom is 0.141 e. The molecule has 0 radical (unpaired) electrons. The van der Waals surface area contributed by atoms with Crippen LogP contribution in [0.4, 0.5) is 0 Å². The van der Waals surface area contributed by atoms with Gasteiger partial charge in [0.05, 0.1) is 4.47 Å². The second-order valence-electron chi connectivity index (χ2n) is 3.27. The molecule has 2 heteroatoms. The first-order chi connectivity index (χ1) is 7.81. The summed E-state index contributed by atoms with van der Waals surface area (Å²) in [5.74, 6) is 1.61. The molecular weight excluding hydrogens is 264 g/mol. The molecule has 0 aliphatic carbocycles. The molecule has 0 bridgehead atoms. The summed E-state index contributed by atoms with van der Waals surface area (Å²) in [4.78, 5) is 0. The predicted molar refractivity (Wildman–Crippen MR) is 70.7 cm³/mol. The van der Waals surface area contributed by atoms with Gasteiger partial charge in [0.2, 0.25) is 0 Å². The van der Waals surface area contributed by atoms with Crippen LogP contribution in [0.15, 0.2) is 59.6 Å². The van der Waals surface area contributed by atoms with E-state index in [1.54, 1.807) is 6.08 Å². The number of rotatable bonds is 3. The van der Waals surface area contributed by atoms with Crippen molar-refractivity contribution >= 4 is 22.0 Å². The Labute approximate surface area is 104 Å². The van der Waals surface area contributed by atoms with E-state index < -0.39 is 0 Å². The Hall–Kier alpha value is -1.54. The highest BCUT2D eigenvalue weighted by Crippen LogP contribution is 2.31. The van der Waals surface area contributed by atoms with E-state index in [1.165, 1.54) is 0 Å². The summed E-state index contributed by atoms with van der Waals surface area (Å²) in [6, 6.07) is 15.6. The average Bonchev–Trinajstić information content (AvgIpc) is 2.33. The van der Waals surface area contributed by atoms with E-state index in [4.69, 9.17) is 4.74 Å². The first-order valence-electron chi connectivity index (χ1n) is 4.95. The molecule has 0 amide bonds. The number of ether oxygens (including phenoxy) is 1. The SMILES string of the molecule is C=Cc1ccccc1Oc1ccccc1Br. The lowest BCUT2D eigenvalue weighted by Gasteiger charge is -2.09. The molecule has 2 aromatic rings. The van der Waals surface area contributed by atoms with Crippen LogP contribution in [0, 0.1) is 0 Å². The van der Waals surface area contributed by atoms with Crippen LogP contribution in [0.5, 0.6) is 11.5 Å². The highest BCUT2D eigenvalue weighted by Gasteiger charge is 2.03. The minimum Gasteiger partial charge on any atom is -0.456 e. The van der Waals surface area contributed by atoms with Crippen molar-refractivity contribution in [2.75, 3.05) is 0 Å². The molecule has 0 aromatic heterocycles. The Morgan fingerprint density at radius 1 is 0.938 bits per heavy atom. The molecule has 16 heavy (non-hydrogen) atoms. The molecule has 0 saturated carbocycles. The predicted octanol–water partition coefficient (Wildman–Crippen LogP) is 4.88. The van der Waals surface area contributed by atoms with Gasteiger partial charge in [-0.05, 0) is 34.1 Å². The summed E-state index contributed by atoms with van der Waals surface area (Å²) in [7, 11) is 0. The van der Waals surface area contributed by atoms with Crippen LogP contribution >= 0.6 is 15.9 Å². The van der Waals surface area contributed by atoms with Crippen LogP contribution in [-0.4, -0.2) is 0 Å². The lowest BCUT2D eigenvalue weighted by Crippen LogP contribution is -1.87. The summed E-state index contributed by atoms with van der Waals surface area (Å²) in [5.41, 5.74) is 0.984. The van der Waals surface area contributed by atoms with E-state index in [9.17, 15) is 0 Å². The molecule has 0 spiro atoms. The quantitative estimate of drug-likeness (QED) is 0.775. The van der Waals surface area contributed by atoms with E-state index in [0.717, 1.165) is 21.5 Å². The highest BCUT2D eigenvalue weighted by atomic mass is 79.9. The Morgan fingerprint density at radius 2 is 1.56 bits per heavy atom. The molecule has 0 atom stereocenters. The number of benzene rings is 2. The van der Waals surface area contributed by atoms with Crippen LogP contribution in [0.3, 0.4) is 0 Å². The standard InChI is InChI=1S/C14H11BrO/c1-2-11-7-3-5-9-13(11)16-14-10-6-4-8-12(14)15/h2-10H,1H2. The maximum absolute atomic E-state index is 5.81. The molecule has 0 N–H and O–H groups in total. The lowest BCUT2D eigenvalue weighted by atomic mass is 10.2. The second kappa shape index (κ2) is 4.99. The van der Waals surface area contributed by atoms with E-state index in [-0.39, 0.29) is 0 Å². The fraction of sp³-hybridized carbons (Fsp3) is 0. The van der Waals surface area contributed by atoms with Crippen LogP contribution in [0.25, 0.3) is 6.08 Å². The van der Waals surface area contributed by atoms with Gasteiger partial charge in [-0.3, -0.25) is 0 Å². The van der Waals surface area contributed by atoms with Crippen molar-refractivity contribution in [3.05, 3.63) is 65.1 Å². The van der Waals surface area contributed by atoms with Crippen molar-refractivity contribution in [2.45, 2.75) is 0 Å². The summed E-state index contributed by atoms with van der Waals surface area (Å²) in [6.07, 6.45) is 1.78. The van der Waals surface area contributed by atoms with Gasteiger partial charge >= 0.3 is 0 Å². The third-order valence-corrected chi connectivity index (χ3v) is 2.85. The van der Waals surface area contributed by atoms with Gasteiger partial charge in [0, 0.05) is 5.56 Å². The number of hydrogen-bond acceptors (Lipinski definition) is 1. The molecule has 0 heterocycles. The molecule has 0 saturated heterocycles. The summed E-state index contributed by atoms with van der Waals surface area (Å²) in [5, 5.41) is 0. The minimum atomic E-state index is 0.803. The molecule has 0 unspecified atom stereocenters. The minimum absolute atomic E-state index is 0.803. The van der Waals surface area contributed by atoms with Gasteiger partial charge in [-0.2, -0.15) is 0 Å². The Balaban J connectivity index is 2.34. The lowest BCUT2D eigenvalue weighted by molar-refractivity contribution is 0.478. The van der Waals surface area contributed by atoms with Crippen molar-refractivity contribution in [2.24, 2.45) is 0 Å². The summed E-state index contributed by atoms with van der Waals surface area (Å²) < 4.78 is 6.75. The highest BCUT2D eigenvalue weighted by molar-refractivity contribution is 9.10. The van der Waals surface area contributed by atoms with Crippen molar-refractivity contribution in [1.82, 2.24) is 0 Å². The fourth-order valence-corrected chi connectivity index (χ4v) is 1.75. The third-order valence-electron chi connectivity index (χ3n) is 2.20. The second-order valence-corrected chi connectivity index (χ2v) is 4.13. The molecular formula is C14H11BrO. The van der Waals surface area contributed by atoms with Crippen LogP contribution < -0.4 is 4.74 Å². The monoisotopic (exact) mass is 274 g/mol. The first kappa shape index (κ1) is 11.0. The largest absolute Gasteiger partial charge is 0.456 e. The Kier molecular flexibility index (Phi) is 3.42. The molecule has 80 valence electrons. The molecule has 0 aliphatic heterocycles. The van der Waals surface area contributed by atoms with E-state index in [0.29, 0.717) is 0 Å². The van der Waals surface area contributed by atoms with E-state index >= 15 is 0 Å². The zero-order valence-corrected chi connectivity index (χ0v) is 10.3.